The minimum absolute atomic E-state index is 0. The number of benzene rings is 1. The van der Waals surface area contributed by atoms with Crippen LogP contribution in [0.1, 0.15) is 17.2 Å². The molecule has 2 N–H and O–H groups in total. The summed E-state index contributed by atoms with van der Waals surface area (Å²) in [6.07, 6.45) is 1.48. The molecule has 1 aliphatic heterocycles. The molecule has 0 bridgehead atoms. The summed E-state index contributed by atoms with van der Waals surface area (Å²) in [7, 11) is 1.78. The predicted molar refractivity (Wildman–Crippen MR) is 89.5 cm³/mol. The van der Waals surface area contributed by atoms with Crippen molar-refractivity contribution >= 4 is 18.2 Å². The lowest BCUT2D eigenvalue weighted by molar-refractivity contribution is -0.390. The number of nitrogens with two attached hydrogens (primary N) is 1. The van der Waals surface area contributed by atoms with Crippen LogP contribution in [-0.4, -0.2) is 38.5 Å². The topological polar surface area (TPSA) is 90.2 Å². The molecule has 2 aromatic rings. The van der Waals surface area contributed by atoms with Crippen molar-refractivity contribution in [2.75, 3.05) is 13.1 Å². The van der Waals surface area contributed by atoms with Gasteiger partial charge in [0.15, 0.2) is 0 Å². The number of nitrogens with zero attached hydrogens (tertiary/aromatic N) is 4. The van der Waals surface area contributed by atoms with E-state index >= 15 is 0 Å². The van der Waals surface area contributed by atoms with Crippen LogP contribution in [-0.2, 0) is 13.6 Å². The third kappa shape index (κ3) is 3.52. The number of hydrogen-bond acceptors (Lipinski definition) is 5. The van der Waals surface area contributed by atoms with Crippen LogP contribution >= 0.6 is 12.4 Å². The normalized spacial score (nSPS) is 21.1. The van der Waals surface area contributed by atoms with Gasteiger partial charge in [-0.15, -0.1) is 12.4 Å². The second kappa shape index (κ2) is 7.08. The molecular weight excluding hydrogens is 318 g/mol. The van der Waals surface area contributed by atoms with E-state index in [1.165, 1.54) is 11.9 Å². The third-order valence-corrected chi connectivity index (χ3v) is 4.25. The fraction of sp³-hybridized carbons (Fsp3) is 0.400. The smallest absolute Gasteiger partial charge is 0.358 e. The van der Waals surface area contributed by atoms with E-state index in [4.69, 9.17) is 5.73 Å². The molecule has 2 atom stereocenters. The number of nitro groups is 1. The van der Waals surface area contributed by atoms with E-state index in [2.05, 4.69) is 22.0 Å². The van der Waals surface area contributed by atoms with Gasteiger partial charge in [0.1, 0.15) is 5.69 Å². The Morgan fingerprint density at radius 1 is 1.35 bits per heavy atom. The Hall–Kier alpha value is -1.96. The average molecular weight is 338 g/mol. The van der Waals surface area contributed by atoms with Crippen molar-refractivity contribution in [2.45, 2.75) is 18.5 Å². The zero-order valence-electron chi connectivity index (χ0n) is 12.8. The van der Waals surface area contributed by atoms with Crippen molar-refractivity contribution in [1.29, 1.82) is 0 Å². The highest BCUT2D eigenvalue weighted by atomic mass is 35.5. The Bertz CT molecular complexity index is 676. The van der Waals surface area contributed by atoms with E-state index in [0.717, 1.165) is 13.1 Å². The lowest BCUT2D eigenvalue weighted by Gasteiger charge is -2.15. The average Bonchev–Trinajstić information content (AvgIpc) is 3.04. The van der Waals surface area contributed by atoms with Crippen LogP contribution in [0.5, 0.6) is 0 Å². The first-order valence-corrected chi connectivity index (χ1v) is 7.23. The van der Waals surface area contributed by atoms with E-state index in [1.807, 2.05) is 18.2 Å². The highest BCUT2D eigenvalue weighted by molar-refractivity contribution is 5.85. The van der Waals surface area contributed by atoms with Crippen LogP contribution in [0.2, 0.25) is 0 Å². The second-order valence-electron chi connectivity index (χ2n) is 5.76. The summed E-state index contributed by atoms with van der Waals surface area (Å²) in [5, 5.41) is 11.0. The summed E-state index contributed by atoms with van der Waals surface area (Å²) in [5.74, 6) is 0.188. The maximum absolute atomic E-state index is 11.0. The van der Waals surface area contributed by atoms with Gasteiger partial charge in [-0.1, -0.05) is 30.3 Å². The van der Waals surface area contributed by atoms with Crippen molar-refractivity contribution < 1.29 is 4.92 Å². The zero-order chi connectivity index (χ0) is 15.7. The maximum atomic E-state index is 11.0. The first-order chi connectivity index (χ1) is 10.6. The van der Waals surface area contributed by atoms with Gasteiger partial charge in [-0.25, -0.2) is 0 Å². The summed E-state index contributed by atoms with van der Waals surface area (Å²) < 4.78 is 1.71. The zero-order valence-corrected chi connectivity index (χ0v) is 13.6. The van der Waals surface area contributed by atoms with Crippen molar-refractivity contribution in [2.24, 2.45) is 12.8 Å². The molecule has 3 rings (SSSR count). The van der Waals surface area contributed by atoms with Crippen molar-refractivity contribution in [3.05, 3.63) is 58.0 Å². The third-order valence-electron chi connectivity index (χ3n) is 4.25. The molecule has 8 heteroatoms. The first kappa shape index (κ1) is 17.4. The van der Waals surface area contributed by atoms with Gasteiger partial charge in [0, 0.05) is 38.6 Å². The molecule has 1 saturated heterocycles. The second-order valence-corrected chi connectivity index (χ2v) is 5.76. The van der Waals surface area contributed by atoms with E-state index in [0.29, 0.717) is 12.2 Å². The molecule has 2 heterocycles. The minimum Gasteiger partial charge on any atom is -0.358 e. The Morgan fingerprint density at radius 2 is 2.04 bits per heavy atom. The number of aryl methyl sites for hydroxylation is 1. The molecule has 0 aliphatic carbocycles. The molecule has 0 amide bonds. The number of aromatic nitrogens is 2. The lowest BCUT2D eigenvalue weighted by atomic mass is 9.95. The van der Waals surface area contributed by atoms with Gasteiger partial charge in [-0.2, -0.15) is 0 Å². The molecule has 1 aromatic carbocycles. The number of likely N-dealkylation sites (tertiary alicyclic amines) is 1. The van der Waals surface area contributed by atoms with E-state index < -0.39 is 4.92 Å². The largest absolute Gasteiger partial charge is 0.386 e. The van der Waals surface area contributed by atoms with Gasteiger partial charge in [0.25, 0.3) is 0 Å². The van der Waals surface area contributed by atoms with Gasteiger partial charge in [-0.3, -0.25) is 4.90 Å². The molecule has 0 radical (unpaired) electrons. The number of halogens is 1. The molecule has 1 aliphatic rings. The predicted octanol–water partition coefficient (Wildman–Crippen LogP) is 1.68. The fourth-order valence-corrected chi connectivity index (χ4v) is 3.09. The summed E-state index contributed by atoms with van der Waals surface area (Å²) >= 11 is 0. The van der Waals surface area contributed by atoms with Crippen LogP contribution < -0.4 is 5.73 Å². The van der Waals surface area contributed by atoms with Gasteiger partial charge >= 0.3 is 5.82 Å². The Labute approximate surface area is 140 Å². The molecule has 1 aromatic heterocycles. The Kier molecular flexibility index (Phi) is 5.35. The molecular formula is C15H20ClN5O2. The highest BCUT2D eigenvalue weighted by Gasteiger charge is 2.33. The molecule has 124 valence electrons. The number of imidazole rings is 1. The van der Waals surface area contributed by atoms with Crippen LogP contribution in [0.15, 0.2) is 36.7 Å². The summed E-state index contributed by atoms with van der Waals surface area (Å²) in [5.41, 5.74) is 8.10. The minimum atomic E-state index is -0.431. The Morgan fingerprint density at radius 3 is 2.70 bits per heavy atom. The van der Waals surface area contributed by atoms with Gasteiger partial charge < -0.3 is 20.4 Å². The van der Waals surface area contributed by atoms with Crippen molar-refractivity contribution in [3.63, 3.8) is 0 Å². The van der Waals surface area contributed by atoms with E-state index in [1.54, 1.807) is 11.6 Å². The van der Waals surface area contributed by atoms with Crippen LogP contribution in [0.4, 0.5) is 5.82 Å². The molecule has 0 spiro atoms. The Balaban J connectivity index is 0.00000192. The monoisotopic (exact) mass is 337 g/mol. The SMILES string of the molecule is Cl.Cn1cnc([N+](=O)[O-])c1CN1C[C@@H](N)[C@H](c2ccccc2)C1. The van der Waals surface area contributed by atoms with Gasteiger partial charge in [0.2, 0.25) is 6.33 Å². The van der Waals surface area contributed by atoms with E-state index in [-0.39, 0.29) is 30.2 Å². The lowest BCUT2D eigenvalue weighted by Crippen LogP contribution is -2.29. The van der Waals surface area contributed by atoms with E-state index in [9.17, 15) is 10.1 Å². The van der Waals surface area contributed by atoms with Gasteiger partial charge in [-0.05, 0) is 15.5 Å². The molecule has 7 nitrogen and oxygen atoms in total. The van der Waals surface area contributed by atoms with Gasteiger partial charge in [0.05, 0.1) is 0 Å². The maximum Gasteiger partial charge on any atom is 0.386 e. The summed E-state index contributed by atoms with van der Waals surface area (Å²) in [6.45, 7) is 2.01. The number of hydrogen-bond donors (Lipinski definition) is 1. The summed E-state index contributed by atoms with van der Waals surface area (Å²) in [6, 6.07) is 10.2. The van der Waals surface area contributed by atoms with Crippen molar-refractivity contribution in [1.82, 2.24) is 14.5 Å². The quantitative estimate of drug-likeness (QED) is 0.677. The molecule has 0 saturated carbocycles. The first-order valence-electron chi connectivity index (χ1n) is 7.23. The molecule has 1 fully saturated rings. The fourth-order valence-electron chi connectivity index (χ4n) is 3.09. The van der Waals surface area contributed by atoms with Crippen LogP contribution in [0, 0.1) is 10.1 Å². The summed E-state index contributed by atoms with van der Waals surface area (Å²) in [4.78, 5) is 16.6. The number of rotatable bonds is 4. The standard InChI is InChI=1S/C15H19N5O2.ClH/c1-18-10-17-15(20(21)22)14(18)9-19-7-12(13(16)8-19)11-5-3-2-4-6-11;/h2-6,10,12-13H,7-9,16H2,1H3;1H/t12-,13+;/m0./s1. The highest BCUT2D eigenvalue weighted by Crippen LogP contribution is 2.28. The van der Waals surface area contributed by atoms with Crippen LogP contribution in [0.3, 0.4) is 0 Å². The molecule has 23 heavy (non-hydrogen) atoms. The van der Waals surface area contributed by atoms with Crippen molar-refractivity contribution in [3.8, 4) is 0 Å². The van der Waals surface area contributed by atoms with Crippen LogP contribution in [0.25, 0.3) is 0 Å². The molecule has 0 unspecified atom stereocenters.